The summed E-state index contributed by atoms with van der Waals surface area (Å²) in [5, 5.41) is 11.1. The van der Waals surface area contributed by atoms with Crippen molar-refractivity contribution in [3.05, 3.63) is 150 Å². The normalized spacial score (nSPS) is 11.9. The molecule has 176 valence electrons. The van der Waals surface area contributed by atoms with Gasteiger partial charge in [-0.2, -0.15) is 0 Å². The van der Waals surface area contributed by atoms with E-state index in [-0.39, 0.29) is 5.84 Å². The van der Waals surface area contributed by atoms with Gasteiger partial charge in [0, 0.05) is 33.8 Å². The van der Waals surface area contributed by atoms with Crippen LogP contribution in [-0.2, 0) is 0 Å². The summed E-state index contributed by atoms with van der Waals surface area (Å²) in [7, 11) is 0. The highest BCUT2D eigenvalue weighted by Crippen LogP contribution is 2.32. The van der Waals surface area contributed by atoms with Crippen LogP contribution < -0.4 is 0 Å². The second-order valence-electron chi connectivity index (χ2n) is 8.74. The second-order valence-corrected chi connectivity index (χ2v) is 8.74. The quantitative estimate of drug-likeness (QED) is 0.200. The van der Waals surface area contributed by atoms with Crippen LogP contribution in [0.4, 0.5) is 0 Å². The van der Waals surface area contributed by atoms with Crippen molar-refractivity contribution < 1.29 is 0 Å². The lowest BCUT2D eigenvalue weighted by Crippen LogP contribution is -2.06. The molecule has 0 aliphatic carbocycles. The molecule has 0 aliphatic rings. The molecule has 0 aliphatic heterocycles. The fourth-order valence-corrected chi connectivity index (χ4v) is 4.59. The van der Waals surface area contributed by atoms with Crippen LogP contribution >= 0.6 is 0 Å². The van der Waals surface area contributed by atoms with Crippen molar-refractivity contribution in [2.24, 2.45) is 9.98 Å². The minimum Gasteiger partial charge on any atom is -0.309 e. The largest absolute Gasteiger partial charge is 0.309 e. The minimum absolute atomic E-state index is 0.170. The van der Waals surface area contributed by atoms with Crippen molar-refractivity contribution in [3.8, 4) is 5.69 Å². The van der Waals surface area contributed by atoms with Gasteiger partial charge in [0.2, 0.25) is 0 Å². The molecule has 1 N–H and O–H groups in total. The third-order valence-corrected chi connectivity index (χ3v) is 6.34. The molecule has 0 unspecified atom stereocenters. The predicted octanol–water partition coefficient (Wildman–Crippen LogP) is 7.67. The Kier molecular flexibility index (Phi) is 5.97. The van der Waals surface area contributed by atoms with E-state index in [0.717, 1.165) is 33.4 Å². The van der Waals surface area contributed by atoms with E-state index < -0.39 is 0 Å². The number of fused-ring (bicyclic) bond motifs is 3. The van der Waals surface area contributed by atoms with Gasteiger partial charge in [-0.3, -0.25) is 5.41 Å². The average Bonchev–Trinajstić information content (AvgIpc) is 3.31. The maximum Gasteiger partial charge on any atom is 0.161 e. The maximum atomic E-state index is 8.63. The SMILES string of the molecule is N=C(/N=C(\N=C\c1ccccc1)c1cccc(-n2c3ccccc3c3ccccc32)c1)c1ccccc1. The van der Waals surface area contributed by atoms with E-state index in [4.69, 9.17) is 10.4 Å². The van der Waals surface area contributed by atoms with Crippen LogP contribution in [0, 0.1) is 5.41 Å². The monoisotopic (exact) mass is 476 g/mol. The van der Waals surface area contributed by atoms with Crippen LogP contribution in [-0.4, -0.2) is 22.5 Å². The molecule has 0 radical (unpaired) electrons. The molecular weight excluding hydrogens is 452 g/mol. The first kappa shape index (κ1) is 22.4. The van der Waals surface area contributed by atoms with Crippen LogP contribution in [0.1, 0.15) is 16.7 Å². The first-order valence-corrected chi connectivity index (χ1v) is 12.2. The first-order valence-electron chi connectivity index (χ1n) is 12.2. The molecule has 0 spiro atoms. The molecule has 0 saturated heterocycles. The Hall–Kier alpha value is -5.09. The Bertz CT molecular complexity index is 1720. The number of para-hydroxylation sites is 2. The van der Waals surface area contributed by atoms with Crippen LogP contribution in [0.5, 0.6) is 0 Å². The van der Waals surface area contributed by atoms with Crippen molar-refractivity contribution in [1.29, 1.82) is 5.41 Å². The molecule has 0 saturated carbocycles. The van der Waals surface area contributed by atoms with Gasteiger partial charge in [-0.05, 0) is 29.8 Å². The molecule has 6 aromatic rings. The van der Waals surface area contributed by atoms with Gasteiger partial charge in [0.05, 0.1) is 11.0 Å². The Balaban J connectivity index is 1.50. The van der Waals surface area contributed by atoms with Crippen LogP contribution in [0.2, 0.25) is 0 Å². The van der Waals surface area contributed by atoms with Gasteiger partial charge < -0.3 is 4.57 Å². The number of rotatable bonds is 4. The zero-order valence-corrected chi connectivity index (χ0v) is 20.1. The highest BCUT2D eigenvalue weighted by molar-refractivity contribution is 6.14. The van der Waals surface area contributed by atoms with E-state index in [9.17, 15) is 0 Å². The Labute approximate surface area is 215 Å². The van der Waals surface area contributed by atoms with Gasteiger partial charge in [0.15, 0.2) is 11.7 Å². The Morgan fingerprint density at radius 2 is 1.16 bits per heavy atom. The Morgan fingerprint density at radius 1 is 0.595 bits per heavy atom. The van der Waals surface area contributed by atoms with Crippen molar-refractivity contribution in [2.45, 2.75) is 0 Å². The van der Waals surface area contributed by atoms with Gasteiger partial charge >= 0.3 is 0 Å². The van der Waals surface area contributed by atoms with Crippen molar-refractivity contribution in [1.82, 2.24) is 4.57 Å². The molecule has 1 aromatic heterocycles. The fraction of sp³-hybridized carbons (Fsp3) is 0. The number of aliphatic imine (C=N–C) groups is 2. The van der Waals surface area contributed by atoms with Crippen molar-refractivity contribution in [2.75, 3.05) is 0 Å². The number of nitrogens with zero attached hydrogens (tertiary/aromatic N) is 3. The molecule has 6 rings (SSSR count). The van der Waals surface area contributed by atoms with E-state index in [1.807, 2.05) is 72.8 Å². The summed E-state index contributed by atoms with van der Waals surface area (Å²) in [5.41, 5.74) is 5.86. The molecule has 0 amide bonds. The molecular formula is C33H24N4. The van der Waals surface area contributed by atoms with E-state index in [0.29, 0.717) is 5.84 Å². The third-order valence-electron chi connectivity index (χ3n) is 6.34. The zero-order chi connectivity index (χ0) is 25.0. The van der Waals surface area contributed by atoms with Crippen molar-refractivity contribution >= 4 is 39.7 Å². The van der Waals surface area contributed by atoms with Crippen molar-refractivity contribution in [3.63, 3.8) is 0 Å². The number of aromatic nitrogens is 1. The van der Waals surface area contributed by atoms with Gasteiger partial charge in [0.25, 0.3) is 0 Å². The molecule has 0 atom stereocenters. The summed E-state index contributed by atoms with van der Waals surface area (Å²) < 4.78 is 2.27. The fourth-order valence-electron chi connectivity index (χ4n) is 4.59. The lowest BCUT2D eigenvalue weighted by molar-refractivity contribution is 1.18. The zero-order valence-electron chi connectivity index (χ0n) is 20.1. The van der Waals surface area contributed by atoms with E-state index in [1.54, 1.807) is 6.21 Å². The van der Waals surface area contributed by atoms with Gasteiger partial charge in [0.1, 0.15) is 0 Å². The number of hydrogen-bond acceptors (Lipinski definition) is 1. The third kappa shape index (κ3) is 4.48. The summed E-state index contributed by atoms with van der Waals surface area (Å²) in [6.07, 6.45) is 1.80. The second kappa shape index (κ2) is 9.88. The topological polar surface area (TPSA) is 53.5 Å². The lowest BCUT2D eigenvalue weighted by Gasteiger charge is -2.10. The molecule has 4 heteroatoms. The van der Waals surface area contributed by atoms with Gasteiger partial charge in [-0.15, -0.1) is 0 Å². The average molecular weight is 477 g/mol. The van der Waals surface area contributed by atoms with E-state index in [2.05, 4.69) is 70.2 Å². The summed E-state index contributed by atoms with van der Waals surface area (Å²) in [4.78, 5) is 9.42. The summed E-state index contributed by atoms with van der Waals surface area (Å²) >= 11 is 0. The van der Waals surface area contributed by atoms with E-state index in [1.165, 1.54) is 10.8 Å². The van der Waals surface area contributed by atoms with Crippen LogP contribution in [0.3, 0.4) is 0 Å². The van der Waals surface area contributed by atoms with Crippen LogP contribution in [0.15, 0.2) is 143 Å². The smallest absolute Gasteiger partial charge is 0.161 e. The summed E-state index contributed by atoms with van der Waals surface area (Å²) in [6, 6.07) is 44.6. The predicted molar refractivity (Wildman–Crippen MR) is 155 cm³/mol. The minimum atomic E-state index is 0.170. The molecule has 4 nitrogen and oxygen atoms in total. The number of nitrogens with one attached hydrogen (secondary N) is 1. The standard InChI is InChI=1S/C33H24N4/c34-32(25-14-5-2-6-15-25)36-33(35-23-24-12-3-1-4-13-24)26-16-11-17-27(22-26)37-30-20-9-7-18-28(30)29-19-8-10-21-31(29)37/h1-23,34H/b34-32?,35-23+,36-33-. The van der Waals surface area contributed by atoms with Gasteiger partial charge in [-0.25, -0.2) is 9.98 Å². The first-order chi connectivity index (χ1) is 18.3. The number of hydrogen-bond donors (Lipinski definition) is 1. The van der Waals surface area contributed by atoms with E-state index >= 15 is 0 Å². The maximum absolute atomic E-state index is 8.63. The Morgan fingerprint density at radius 3 is 1.84 bits per heavy atom. The number of amidine groups is 2. The van der Waals surface area contributed by atoms with Crippen LogP contribution in [0.25, 0.3) is 27.5 Å². The molecule has 5 aromatic carbocycles. The molecule has 1 heterocycles. The molecule has 0 bridgehead atoms. The summed E-state index contributed by atoms with van der Waals surface area (Å²) in [6.45, 7) is 0. The highest BCUT2D eigenvalue weighted by Gasteiger charge is 2.13. The molecule has 37 heavy (non-hydrogen) atoms. The summed E-state index contributed by atoms with van der Waals surface area (Å²) in [5.74, 6) is 0.656. The highest BCUT2D eigenvalue weighted by atomic mass is 15.0. The molecule has 0 fully saturated rings. The number of benzene rings is 5. The lowest BCUT2D eigenvalue weighted by atomic mass is 10.1. The van der Waals surface area contributed by atoms with Gasteiger partial charge in [-0.1, -0.05) is 109 Å².